The molecule has 4 aliphatic rings. The van der Waals surface area contributed by atoms with Crippen LogP contribution in [0.1, 0.15) is 78.1 Å². The van der Waals surface area contributed by atoms with Gasteiger partial charge in [-0.05, 0) is 85.9 Å². The molecule has 2 unspecified atom stereocenters. The fourth-order valence-electron chi connectivity index (χ4n) is 7.90. The summed E-state index contributed by atoms with van der Waals surface area (Å²) in [5.41, 5.74) is 0.896. The fourth-order valence-corrected chi connectivity index (χ4v) is 7.90. The molecule has 3 heteroatoms. The largest absolute Gasteiger partial charge is 0.359 e. The van der Waals surface area contributed by atoms with Crippen LogP contribution in [0.4, 0.5) is 0 Å². The lowest BCUT2D eigenvalue weighted by Gasteiger charge is -2.60. The predicted octanol–water partition coefficient (Wildman–Crippen LogP) is 5.20. The SMILES string of the molecule is CNC(=O)C1CC[C@H]2[C@@H]3CCC4CCCC[C@]4(C)[C@H]3CC[C@]12C.Cl. The van der Waals surface area contributed by atoms with Crippen molar-refractivity contribution in [2.75, 3.05) is 7.05 Å². The second-order valence-electron chi connectivity index (χ2n) is 9.69. The summed E-state index contributed by atoms with van der Waals surface area (Å²) >= 11 is 0. The molecule has 4 fully saturated rings. The third kappa shape index (κ3) is 2.46. The summed E-state index contributed by atoms with van der Waals surface area (Å²) in [7, 11) is 1.82. The third-order valence-corrected chi connectivity index (χ3v) is 9.15. The number of amides is 1. The average molecular weight is 354 g/mol. The van der Waals surface area contributed by atoms with Gasteiger partial charge in [0.2, 0.25) is 5.91 Å². The predicted molar refractivity (Wildman–Crippen MR) is 101 cm³/mol. The van der Waals surface area contributed by atoms with Gasteiger partial charge in [0.25, 0.3) is 0 Å². The number of carbonyl (C=O) groups excluding carboxylic acids is 1. The van der Waals surface area contributed by atoms with Crippen LogP contribution in [-0.4, -0.2) is 13.0 Å². The van der Waals surface area contributed by atoms with Gasteiger partial charge in [-0.3, -0.25) is 4.79 Å². The minimum atomic E-state index is 0. The maximum atomic E-state index is 12.4. The smallest absolute Gasteiger partial charge is 0.223 e. The first-order valence-electron chi connectivity index (χ1n) is 10.2. The van der Waals surface area contributed by atoms with Crippen LogP contribution in [-0.2, 0) is 4.79 Å². The first-order chi connectivity index (χ1) is 11.0. The lowest BCUT2D eigenvalue weighted by atomic mass is 9.45. The van der Waals surface area contributed by atoms with Crippen LogP contribution in [0.25, 0.3) is 0 Å². The van der Waals surface area contributed by atoms with Crippen molar-refractivity contribution >= 4 is 18.3 Å². The molecule has 2 nitrogen and oxygen atoms in total. The highest BCUT2D eigenvalue weighted by molar-refractivity contribution is 5.85. The van der Waals surface area contributed by atoms with Crippen LogP contribution in [0.2, 0.25) is 0 Å². The van der Waals surface area contributed by atoms with Crippen molar-refractivity contribution in [3.63, 3.8) is 0 Å². The van der Waals surface area contributed by atoms with Crippen molar-refractivity contribution in [3.8, 4) is 0 Å². The van der Waals surface area contributed by atoms with E-state index in [9.17, 15) is 4.79 Å². The zero-order chi connectivity index (χ0) is 16.2. The van der Waals surface area contributed by atoms with Crippen molar-refractivity contribution in [2.24, 2.45) is 40.4 Å². The van der Waals surface area contributed by atoms with Crippen molar-refractivity contribution in [1.29, 1.82) is 0 Å². The Morgan fingerprint density at radius 3 is 2.38 bits per heavy atom. The van der Waals surface area contributed by atoms with E-state index < -0.39 is 0 Å². The number of fused-ring (bicyclic) bond motifs is 5. The Morgan fingerprint density at radius 1 is 0.875 bits per heavy atom. The summed E-state index contributed by atoms with van der Waals surface area (Å²) in [6.07, 6.45) is 13.9. The van der Waals surface area contributed by atoms with E-state index in [0.29, 0.717) is 11.3 Å². The van der Waals surface area contributed by atoms with Crippen molar-refractivity contribution in [1.82, 2.24) is 5.32 Å². The molecule has 24 heavy (non-hydrogen) atoms. The van der Waals surface area contributed by atoms with Gasteiger partial charge in [-0.2, -0.15) is 0 Å². The van der Waals surface area contributed by atoms with Gasteiger partial charge in [0.1, 0.15) is 0 Å². The molecule has 0 radical (unpaired) electrons. The van der Waals surface area contributed by atoms with Crippen LogP contribution in [0.3, 0.4) is 0 Å². The molecule has 138 valence electrons. The summed E-state index contributed by atoms with van der Waals surface area (Å²) in [6, 6.07) is 0. The van der Waals surface area contributed by atoms with Gasteiger partial charge in [0, 0.05) is 13.0 Å². The molecule has 1 amide bonds. The molecule has 0 bridgehead atoms. The van der Waals surface area contributed by atoms with Gasteiger partial charge in [0.05, 0.1) is 0 Å². The van der Waals surface area contributed by atoms with Gasteiger partial charge in [-0.15, -0.1) is 12.4 Å². The Kier molecular flexibility index (Phi) is 5.01. The second-order valence-corrected chi connectivity index (χ2v) is 9.69. The van der Waals surface area contributed by atoms with E-state index in [0.717, 1.165) is 30.1 Å². The van der Waals surface area contributed by atoms with Crippen LogP contribution in [0.5, 0.6) is 0 Å². The first-order valence-corrected chi connectivity index (χ1v) is 10.2. The molecule has 0 spiro atoms. The van der Waals surface area contributed by atoms with Crippen LogP contribution in [0, 0.1) is 40.4 Å². The monoisotopic (exact) mass is 353 g/mol. The Hall–Kier alpha value is -0.240. The Morgan fingerprint density at radius 2 is 1.62 bits per heavy atom. The Balaban J connectivity index is 0.00000169. The number of carbonyl (C=O) groups is 1. The van der Waals surface area contributed by atoms with Crippen molar-refractivity contribution in [2.45, 2.75) is 78.1 Å². The Labute approximate surface area is 154 Å². The molecule has 0 aromatic heterocycles. The molecule has 1 N–H and O–H groups in total. The van der Waals surface area contributed by atoms with E-state index in [1.807, 2.05) is 7.05 Å². The maximum Gasteiger partial charge on any atom is 0.223 e. The third-order valence-electron chi connectivity index (χ3n) is 9.15. The van der Waals surface area contributed by atoms with Crippen LogP contribution < -0.4 is 5.32 Å². The normalized spacial score (nSPS) is 50.0. The second kappa shape index (κ2) is 6.49. The molecule has 0 aliphatic heterocycles. The number of halogens is 1. The van der Waals surface area contributed by atoms with E-state index in [2.05, 4.69) is 19.2 Å². The molecule has 4 saturated carbocycles. The highest BCUT2D eigenvalue weighted by Gasteiger charge is 2.60. The molecular weight excluding hydrogens is 318 g/mol. The van der Waals surface area contributed by atoms with E-state index in [1.54, 1.807) is 0 Å². The molecule has 7 atom stereocenters. The van der Waals surface area contributed by atoms with Gasteiger partial charge < -0.3 is 5.32 Å². The minimum Gasteiger partial charge on any atom is -0.359 e. The van der Waals surface area contributed by atoms with E-state index in [4.69, 9.17) is 0 Å². The van der Waals surface area contributed by atoms with Crippen LogP contribution in [0.15, 0.2) is 0 Å². The summed E-state index contributed by atoms with van der Waals surface area (Å²) in [6.45, 7) is 5.09. The highest BCUT2D eigenvalue weighted by Crippen LogP contribution is 2.67. The van der Waals surface area contributed by atoms with E-state index in [-0.39, 0.29) is 23.7 Å². The lowest BCUT2D eigenvalue weighted by Crippen LogP contribution is -2.53. The zero-order valence-electron chi connectivity index (χ0n) is 15.8. The number of rotatable bonds is 1. The number of nitrogens with one attached hydrogen (secondary N) is 1. The zero-order valence-corrected chi connectivity index (χ0v) is 16.6. The van der Waals surface area contributed by atoms with Crippen molar-refractivity contribution < 1.29 is 4.79 Å². The molecule has 0 aromatic rings. The van der Waals surface area contributed by atoms with Crippen LogP contribution >= 0.6 is 12.4 Å². The average Bonchev–Trinajstić information content (AvgIpc) is 2.91. The summed E-state index contributed by atoms with van der Waals surface area (Å²) < 4.78 is 0. The molecule has 0 heterocycles. The quantitative estimate of drug-likeness (QED) is 0.689. The fraction of sp³-hybridized carbons (Fsp3) is 0.952. The molecule has 0 aromatic carbocycles. The first kappa shape index (κ1) is 18.5. The summed E-state index contributed by atoms with van der Waals surface area (Å²) in [4.78, 5) is 12.4. The molecule has 4 rings (SSSR count). The topological polar surface area (TPSA) is 29.1 Å². The maximum absolute atomic E-state index is 12.4. The van der Waals surface area contributed by atoms with E-state index >= 15 is 0 Å². The lowest BCUT2D eigenvalue weighted by molar-refractivity contribution is -0.136. The summed E-state index contributed by atoms with van der Waals surface area (Å²) in [5.74, 6) is 4.24. The molecule has 4 aliphatic carbocycles. The van der Waals surface area contributed by atoms with Gasteiger partial charge in [-0.25, -0.2) is 0 Å². The van der Waals surface area contributed by atoms with Gasteiger partial charge >= 0.3 is 0 Å². The van der Waals surface area contributed by atoms with Crippen molar-refractivity contribution in [3.05, 3.63) is 0 Å². The minimum absolute atomic E-state index is 0. The standard InChI is InChI=1S/C21H35NO.ClH/c1-20-12-5-4-6-14(20)7-8-15-16-9-10-18(19(23)22-3)21(16,2)13-11-17(15)20;/h14-18H,4-13H2,1-3H3,(H,22,23);1H/t14?,15-,16-,17-,18?,20-,21-;/m0./s1. The Bertz CT molecular complexity index is 494. The number of hydrogen-bond acceptors (Lipinski definition) is 1. The molecule has 0 saturated heterocycles. The van der Waals surface area contributed by atoms with Gasteiger partial charge in [-0.1, -0.05) is 26.7 Å². The van der Waals surface area contributed by atoms with E-state index in [1.165, 1.54) is 57.8 Å². The van der Waals surface area contributed by atoms with Gasteiger partial charge in [0.15, 0.2) is 0 Å². The number of hydrogen-bond donors (Lipinski definition) is 1. The highest BCUT2D eigenvalue weighted by atomic mass is 35.5. The molecular formula is C21H36ClNO. The summed E-state index contributed by atoms with van der Waals surface area (Å²) in [5, 5.41) is 2.95.